The largest absolute Gasteiger partial charge is 0.480 e. The number of carbonyl (C=O) groups is 2. The summed E-state index contributed by atoms with van der Waals surface area (Å²) in [6.07, 6.45) is -1.61. The van der Waals surface area contributed by atoms with E-state index < -0.39 is 24.1 Å². The van der Waals surface area contributed by atoms with Gasteiger partial charge in [0.05, 0.1) is 6.10 Å². The Morgan fingerprint density at radius 3 is 2.62 bits per heavy atom. The van der Waals surface area contributed by atoms with Crippen molar-refractivity contribution in [2.24, 2.45) is 0 Å². The lowest BCUT2D eigenvalue weighted by atomic mass is 10.1. The van der Waals surface area contributed by atoms with Crippen LogP contribution in [0.4, 0.5) is 4.79 Å². The van der Waals surface area contributed by atoms with Crippen molar-refractivity contribution >= 4 is 27.9 Å². The number of carbonyl (C=O) groups excluding carboxylic acids is 2. The number of imide groups is 1. The molecule has 3 amide bonds. The van der Waals surface area contributed by atoms with Gasteiger partial charge in [-0.1, -0.05) is 15.9 Å². The molecular formula is C14H19BrN2O4. The van der Waals surface area contributed by atoms with Gasteiger partial charge in [0.2, 0.25) is 0 Å². The number of hydrogen-bond donors (Lipinski definition) is 3. The first-order chi connectivity index (χ1) is 9.85. The number of urea groups is 1. The van der Waals surface area contributed by atoms with Gasteiger partial charge in [-0.15, -0.1) is 0 Å². The van der Waals surface area contributed by atoms with E-state index in [1.807, 2.05) is 0 Å². The van der Waals surface area contributed by atoms with Crippen LogP contribution in [0.2, 0.25) is 0 Å². The molecule has 0 radical (unpaired) electrons. The minimum atomic E-state index is -0.869. The molecule has 0 bridgehead atoms. The Hall–Kier alpha value is -1.60. The summed E-state index contributed by atoms with van der Waals surface area (Å²) < 4.78 is 6.33. The molecule has 0 saturated carbocycles. The Balaban J connectivity index is 2.76. The number of aliphatic hydroxyl groups excluding tert-OH is 1. The van der Waals surface area contributed by atoms with Gasteiger partial charge in [-0.2, -0.15) is 0 Å². The normalized spacial score (nSPS) is 13.2. The molecule has 7 heteroatoms. The van der Waals surface area contributed by atoms with Crippen LogP contribution in [-0.4, -0.2) is 29.7 Å². The van der Waals surface area contributed by atoms with E-state index in [0.717, 1.165) is 4.47 Å². The Bertz CT molecular complexity index is 520. The molecule has 0 heterocycles. The number of amides is 3. The zero-order valence-corrected chi connectivity index (χ0v) is 13.7. The van der Waals surface area contributed by atoms with Crippen LogP contribution in [0.1, 0.15) is 32.4 Å². The molecule has 0 aliphatic carbocycles. The smallest absolute Gasteiger partial charge is 0.321 e. The number of aliphatic hydroxyl groups is 1. The second-order valence-corrected chi connectivity index (χ2v) is 5.38. The molecule has 0 aliphatic rings. The minimum absolute atomic E-state index is 0.395. The van der Waals surface area contributed by atoms with E-state index in [2.05, 4.69) is 26.6 Å². The monoisotopic (exact) mass is 358 g/mol. The molecule has 116 valence electrons. The van der Waals surface area contributed by atoms with E-state index in [4.69, 9.17) is 4.74 Å². The SMILES string of the molecule is CCNC(=O)NC(=O)C(C)Oc1ccc(Br)cc1[C@H](C)O. The first-order valence-corrected chi connectivity index (χ1v) is 7.37. The van der Waals surface area contributed by atoms with E-state index in [1.165, 1.54) is 6.92 Å². The van der Waals surface area contributed by atoms with E-state index in [9.17, 15) is 14.7 Å². The van der Waals surface area contributed by atoms with Crippen molar-refractivity contribution < 1.29 is 19.4 Å². The summed E-state index contributed by atoms with van der Waals surface area (Å²) in [4.78, 5) is 23.1. The summed E-state index contributed by atoms with van der Waals surface area (Å²) in [6, 6.07) is 4.55. The number of benzene rings is 1. The lowest BCUT2D eigenvalue weighted by molar-refractivity contribution is -0.126. The van der Waals surface area contributed by atoms with Gasteiger partial charge in [0.1, 0.15) is 5.75 Å². The van der Waals surface area contributed by atoms with Crippen LogP contribution in [-0.2, 0) is 4.79 Å². The predicted molar refractivity (Wildman–Crippen MR) is 82.1 cm³/mol. The van der Waals surface area contributed by atoms with E-state index in [-0.39, 0.29) is 0 Å². The molecule has 2 atom stereocenters. The van der Waals surface area contributed by atoms with E-state index in [0.29, 0.717) is 17.9 Å². The number of hydrogen-bond acceptors (Lipinski definition) is 4. The van der Waals surface area contributed by atoms with Crippen molar-refractivity contribution in [3.05, 3.63) is 28.2 Å². The minimum Gasteiger partial charge on any atom is -0.480 e. The lowest BCUT2D eigenvalue weighted by Gasteiger charge is -2.18. The maximum atomic E-state index is 11.8. The summed E-state index contributed by atoms with van der Waals surface area (Å²) in [5, 5.41) is 14.4. The van der Waals surface area contributed by atoms with Crippen molar-refractivity contribution in [3.63, 3.8) is 0 Å². The molecule has 6 nitrogen and oxygen atoms in total. The van der Waals surface area contributed by atoms with Gasteiger partial charge in [-0.3, -0.25) is 10.1 Å². The maximum Gasteiger partial charge on any atom is 0.321 e. The third-order valence-electron chi connectivity index (χ3n) is 2.67. The summed E-state index contributed by atoms with van der Waals surface area (Å²) >= 11 is 3.31. The van der Waals surface area contributed by atoms with Gasteiger partial charge >= 0.3 is 6.03 Å². The first-order valence-electron chi connectivity index (χ1n) is 6.58. The Labute approximate surface area is 132 Å². The van der Waals surface area contributed by atoms with Gasteiger partial charge in [0.25, 0.3) is 5.91 Å². The van der Waals surface area contributed by atoms with Crippen molar-refractivity contribution in [2.75, 3.05) is 6.54 Å². The average Bonchev–Trinajstić information content (AvgIpc) is 2.40. The van der Waals surface area contributed by atoms with Crippen LogP contribution in [0.3, 0.4) is 0 Å². The fourth-order valence-corrected chi connectivity index (χ4v) is 1.99. The van der Waals surface area contributed by atoms with Crippen molar-refractivity contribution in [2.45, 2.75) is 33.0 Å². The molecule has 0 spiro atoms. The second-order valence-electron chi connectivity index (χ2n) is 4.47. The highest BCUT2D eigenvalue weighted by Crippen LogP contribution is 2.29. The first kappa shape index (κ1) is 17.5. The average molecular weight is 359 g/mol. The van der Waals surface area contributed by atoms with Crippen LogP contribution in [0.5, 0.6) is 5.75 Å². The highest BCUT2D eigenvalue weighted by atomic mass is 79.9. The molecule has 1 aromatic carbocycles. The zero-order chi connectivity index (χ0) is 16.0. The van der Waals surface area contributed by atoms with Gasteiger partial charge < -0.3 is 15.2 Å². The van der Waals surface area contributed by atoms with Gasteiger partial charge in [-0.25, -0.2) is 4.79 Å². The van der Waals surface area contributed by atoms with Crippen LogP contribution >= 0.6 is 15.9 Å². The predicted octanol–water partition coefficient (Wildman–Crippen LogP) is 2.12. The summed E-state index contributed by atoms with van der Waals surface area (Å²) in [5.74, 6) is -0.160. The number of nitrogens with one attached hydrogen (secondary N) is 2. The van der Waals surface area contributed by atoms with Crippen molar-refractivity contribution in [3.8, 4) is 5.75 Å². The topological polar surface area (TPSA) is 87.7 Å². The molecular weight excluding hydrogens is 340 g/mol. The molecule has 0 saturated heterocycles. The standard InChI is InChI=1S/C14H19BrN2O4/c1-4-16-14(20)17-13(19)9(3)21-12-6-5-10(15)7-11(12)8(2)18/h5-9,18H,4H2,1-3H3,(H2,16,17,19,20)/t8-,9?/m0/s1. The van der Waals surface area contributed by atoms with Crippen LogP contribution < -0.4 is 15.4 Å². The molecule has 0 aliphatic heterocycles. The zero-order valence-electron chi connectivity index (χ0n) is 12.1. The van der Waals surface area contributed by atoms with Crippen molar-refractivity contribution in [1.29, 1.82) is 0 Å². The number of ether oxygens (including phenoxy) is 1. The lowest BCUT2D eigenvalue weighted by Crippen LogP contribution is -2.45. The number of halogens is 1. The highest BCUT2D eigenvalue weighted by Gasteiger charge is 2.19. The highest BCUT2D eigenvalue weighted by molar-refractivity contribution is 9.10. The Morgan fingerprint density at radius 1 is 1.38 bits per heavy atom. The Kier molecular flexibility index (Phi) is 6.64. The maximum absolute atomic E-state index is 11.8. The second kappa shape index (κ2) is 7.99. The number of rotatable bonds is 5. The fourth-order valence-electron chi connectivity index (χ4n) is 1.62. The molecule has 0 fully saturated rings. The van der Waals surface area contributed by atoms with Gasteiger partial charge in [0, 0.05) is 16.6 Å². The van der Waals surface area contributed by atoms with E-state index in [1.54, 1.807) is 32.0 Å². The third kappa shape index (κ3) is 5.35. The molecule has 3 N–H and O–H groups in total. The summed E-state index contributed by atoms with van der Waals surface area (Å²) in [7, 11) is 0. The summed E-state index contributed by atoms with van der Waals surface area (Å²) in [5.41, 5.74) is 0.557. The molecule has 1 rings (SSSR count). The third-order valence-corrected chi connectivity index (χ3v) is 3.16. The van der Waals surface area contributed by atoms with Crippen molar-refractivity contribution in [1.82, 2.24) is 10.6 Å². The van der Waals surface area contributed by atoms with Crippen LogP contribution in [0, 0.1) is 0 Å². The fraction of sp³-hybridized carbons (Fsp3) is 0.429. The van der Waals surface area contributed by atoms with Gasteiger partial charge in [0.15, 0.2) is 6.10 Å². The molecule has 0 aromatic heterocycles. The van der Waals surface area contributed by atoms with E-state index >= 15 is 0 Å². The quantitative estimate of drug-likeness (QED) is 0.752. The van der Waals surface area contributed by atoms with Gasteiger partial charge in [-0.05, 0) is 39.0 Å². The molecule has 1 aromatic rings. The Morgan fingerprint density at radius 2 is 2.05 bits per heavy atom. The molecule has 21 heavy (non-hydrogen) atoms. The van der Waals surface area contributed by atoms with Crippen LogP contribution in [0.15, 0.2) is 22.7 Å². The summed E-state index contributed by atoms with van der Waals surface area (Å²) in [6.45, 7) is 5.31. The van der Waals surface area contributed by atoms with Crippen LogP contribution in [0.25, 0.3) is 0 Å². The molecule has 1 unspecified atom stereocenters.